The first kappa shape index (κ1) is 15.6. The number of hydrogen-bond donors (Lipinski definition) is 1. The van der Waals surface area contributed by atoms with Crippen LogP contribution in [0.2, 0.25) is 0 Å². The summed E-state index contributed by atoms with van der Waals surface area (Å²) < 4.78 is 13.7. The number of para-hydroxylation sites is 1. The minimum absolute atomic E-state index is 0.0314. The van der Waals surface area contributed by atoms with E-state index in [1.807, 2.05) is 4.90 Å². The first-order valence-corrected chi connectivity index (χ1v) is 7.82. The Hall–Kier alpha value is -2.28. The van der Waals surface area contributed by atoms with E-state index in [-0.39, 0.29) is 18.0 Å². The number of hydrogen-bond acceptors (Lipinski definition) is 5. The molecule has 1 aromatic heterocycles. The number of nitrogens with zero attached hydrogens (tertiary/aromatic N) is 4. The minimum atomic E-state index is -0.394. The maximum absolute atomic E-state index is 13.7. The van der Waals surface area contributed by atoms with Crippen LogP contribution in [0.4, 0.5) is 10.2 Å². The van der Waals surface area contributed by atoms with Gasteiger partial charge in [0.25, 0.3) is 0 Å². The lowest BCUT2D eigenvalue weighted by Gasteiger charge is -2.34. The molecule has 122 valence electrons. The number of aromatic nitrogens is 2. The summed E-state index contributed by atoms with van der Waals surface area (Å²) in [6.07, 6.45) is 1.30. The highest BCUT2D eigenvalue weighted by molar-refractivity contribution is 5.91. The van der Waals surface area contributed by atoms with Gasteiger partial charge in [-0.1, -0.05) is 13.0 Å². The predicted molar refractivity (Wildman–Crippen MR) is 86.7 cm³/mol. The first-order chi connectivity index (χ1) is 11.2. The van der Waals surface area contributed by atoms with E-state index in [9.17, 15) is 9.18 Å². The van der Waals surface area contributed by atoms with Crippen LogP contribution in [0.25, 0.3) is 10.9 Å². The zero-order chi connectivity index (χ0) is 16.2. The van der Waals surface area contributed by atoms with Crippen molar-refractivity contribution < 1.29 is 9.18 Å². The molecule has 7 heteroatoms. The van der Waals surface area contributed by atoms with E-state index in [0.29, 0.717) is 11.2 Å². The van der Waals surface area contributed by atoms with Crippen molar-refractivity contribution in [1.29, 1.82) is 0 Å². The number of carbonyl (C=O) groups excluding carboxylic acids is 1. The fourth-order valence-electron chi connectivity index (χ4n) is 2.78. The molecule has 2 aromatic rings. The van der Waals surface area contributed by atoms with Crippen molar-refractivity contribution in [3.63, 3.8) is 0 Å². The Morgan fingerprint density at radius 2 is 2.04 bits per heavy atom. The molecule has 0 bridgehead atoms. The number of benzene rings is 1. The van der Waals surface area contributed by atoms with Gasteiger partial charge in [0.1, 0.15) is 23.5 Å². The first-order valence-electron chi connectivity index (χ1n) is 7.82. The molecule has 1 saturated heterocycles. The summed E-state index contributed by atoms with van der Waals surface area (Å²) in [5.74, 6) is 0.119. The molecule has 0 saturated carbocycles. The maximum atomic E-state index is 13.7. The Bertz CT molecular complexity index is 700. The van der Waals surface area contributed by atoms with Gasteiger partial charge in [0.15, 0.2) is 0 Å². The molecule has 1 aromatic carbocycles. The highest BCUT2D eigenvalue weighted by atomic mass is 19.1. The van der Waals surface area contributed by atoms with Crippen LogP contribution in [0.3, 0.4) is 0 Å². The average molecular weight is 317 g/mol. The summed E-state index contributed by atoms with van der Waals surface area (Å²) in [5, 5.41) is 3.59. The van der Waals surface area contributed by atoms with Gasteiger partial charge in [-0.25, -0.2) is 14.4 Å². The monoisotopic (exact) mass is 317 g/mol. The summed E-state index contributed by atoms with van der Waals surface area (Å²) in [7, 11) is 0. The van der Waals surface area contributed by atoms with Gasteiger partial charge in [-0.3, -0.25) is 4.79 Å². The molecule has 6 nitrogen and oxygen atoms in total. The number of rotatable bonds is 4. The number of fused-ring (bicyclic) bond motifs is 1. The van der Waals surface area contributed by atoms with Crippen LogP contribution in [-0.2, 0) is 4.79 Å². The van der Waals surface area contributed by atoms with Gasteiger partial charge >= 0.3 is 0 Å². The molecule has 3 rings (SSSR count). The Morgan fingerprint density at radius 3 is 2.78 bits per heavy atom. The van der Waals surface area contributed by atoms with E-state index in [0.717, 1.165) is 32.7 Å². The second-order valence-corrected chi connectivity index (χ2v) is 5.53. The number of halogens is 1. The van der Waals surface area contributed by atoms with Crippen LogP contribution in [0.15, 0.2) is 24.5 Å². The van der Waals surface area contributed by atoms with Gasteiger partial charge in [0.2, 0.25) is 5.91 Å². The van der Waals surface area contributed by atoms with Crippen LogP contribution in [-0.4, -0.2) is 64.9 Å². The fourth-order valence-corrected chi connectivity index (χ4v) is 2.78. The van der Waals surface area contributed by atoms with Crippen LogP contribution in [0.5, 0.6) is 0 Å². The number of anilines is 1. The van der Waals surface area contributed by atoms with E-state index in [4.69, 9.17) is 0 Å². The lowest BCUT2D eigenvalue weighted by molar-refractivity contribution is -0.131. The van der Waals surface area contributed by atoms with Crippen molar-refractivity contribution in [2.75, 3.05) is 44.6 Å². The number of nitrogens with one attached hydrogen (secondary N) is 1. The molecule has 1 aliphatic heterocycles. The molecule has 2 heterocycles. The average Bonchev–Trinajstić information content (AvgIpc) is 2.60. The smallest absolute Gasteiger partial charge is 0.242 e. The molecule has 1 amide bonds. The molecule has 1 fully saturated rings. The van der Waals surface area contributed by atoms with Gasteiger partial charge in [-0.05, 0) is 18.7 Å². The zero-order valence-electron chi connectivity index (χ0n) is 13.1. The van der Waals surface area contributed by atoms with Crippen molar-refractivity contribution >= 4 is 22.6 Å². The van der Waals surface area contributed by atoms with Crippen LogP contribution < -0.4 is 5.32 Å². The molecule has 0 spiro atoms. The predicted octanol–water partition coefficient (Wildman–Crippen LogP) is 1.34. The van der Waals surface area contributed by atoms with Crippen LogP contribution >= 0.6 is 0 Å². The van der Waals surface area contributed by atoms with Crippen molar-refractivity contribution in [3.8, 4) is 0 Å². The van der Waals surface area contributed by atoms with Gasteiger partial charge in [0, 0.05) is 31.6 Å². The second-order valence-electron chi connectivity index (χ2n) is 5.53. The van der Waals surface area contributed by atoms with E-state index in [1.54, 1.807) is 12.1 Å². The SMILES string of the molecule is CCN1CCN(C(=O)CNc2ncnc3c(F)cccc23)CC1. The standard InChI is InChI=1S/C16H20FN5O/c1-2-21-6-8-22(9-7-21)14(23)10-18-16-12-4-3-5-13(17)15(12)19-11-20-16/h3-5,11H,2,6-10H2,1H3,(H,18,19,20). The van der Waals surface area contributed by atoms with Gasteiger partial charge < -0.3 is 15.1 Å². The highest BCUT2D eigenvalue weighted by Crippen LogP contribution is 2.20. The number of amides is 1. The summed E-state index contributed by atoms with van der Waals surface area (Å²) in [5.41, 5.74) is 0.258. The highest BCUT2D eigenvalue weighted by Gasteiger charge is 2.20. The molecule has 23 heavy (non-hydrogen) atoms. The molecule has 1 N–H and O–H groups in total. The third-order valence-corrected chi connectivity index (χ3v) is 4.19. The van der Waals surface area contributed by atoms with E-state index < -0.39 is 5.82 Å². The van der Waals surface area contributed by atoms with Crippen LogP contribution in [0, 0.1) is 5.82 Å². The van der Waals surface area contributed by atoms with Crippen molar-refractivity contribution in [1.82, 2.24) is 19.8 Å². The number of piperazine rings is 1. The zero-order valence-corrected chi connectivity index (χ0v) is 13.1. The lowest BCUT2D eigenvalue weighted by atomic mass is 10.2. The van der Waals surface area contributed by atoms with Gasteiger partial charge in [0.05, 0.1) is 6.54 Å². The van der Waals surface area contributed by atoms with Gasteiger partial charge in [-0.15, -0.1) is 0 Å². The third kappa shape index (κ3) is 3.39. The van der Waals surface area contributed by atoms with Gasteiger partial charge in [-0.2, -0.15) is 0 Å². The largest absolute Gasteiger partial charge is 0.360 e. The minimum Gasteiger partial charge on any atom is -0.360 e. The Labute approximate surface area is 134 Å². The molecule has 0 unspecified atom stereocenters. The topological polar surface area (TPSA) is 61.4 Å². The molecule has 0 aliphatic carbocycles. The van der Waals surface area contributed by atoms with Crippen molar-refractivity contribution in [3.05, 3.63) is 30.3 Å². The Morgan fingerprint density at radius 1 is 1.26 bits per heavy atom. The summed E-state index contributed by atoms with van der Waals surface area (Å²) >= 11 is 0. The lowest BCUT2D eigenvalue weighted by Crippen LogP contribution is -2.49. The van der Waals surface area contributed by atoms with Crippen molar-refractivity contribution in [2.45, 2.75) is 6.92 Å². The van der Waals surface area contributed by atoms with E-state index in [2.05, 4.69) is 27.1 Å². The van der Waals surface area contributed by atoms with Crippen molar-refractivity contribution in [2.24, 2.45) is 0 Å². The molecule has 1 aliphatic rings. The molecular weight excluding hydrogens is 297 g/mol. The van der Waals surface area contributed by atoms with Crippen LogP contribution in [0.1, 0.15) is 6.92 Å². The summed E-state index contributed by atoms with van der Waals surface area (Å²) in [6, 6.07) is 4.71. The molecule has 0 atom stereocenters. The maximum Gasteiger partial charge on any atom is 0.242 e. The summed E-state index contributed by atoms with van der Waals surface area (Å²) in [4.78, 5) is 24.5. The third-order valence-electron chi connectivity index (χ3n) is 4.19. The second kappa shape index (κ2) is 6.87. The normalized spacial score (nSPS) is 15.8. The molecule has 0 radical (unpaired) electrons. The van der Waals surface area contributed by atoms with E-state index in [1.165, 1.54) is 12.4 Å². The Kier molecular flexibility index (Phi) is 4.66. The Balaban J connectivity index is 1.65. The summed E-state index contributed by atoms with van der Waals surface area (Å²) in [6.45, 7) is 6.58. The molecular formula is C16H20FN5O. The van der Waals surface area contributed by atoms with E-state index >= 15 is 0 Å². The fraction of sp³-hybridized carbons (Fsp3) is 0.438. The quantitative estimate of drug-likeness (QED) is 0.922. The number of carbonyl (C=O) groups is 1. The number of likely N-dealkylation sites (N-methyl/N-ethyl adjacent to an activating group) is 1.